The van der Waals surface area contributed by atoms with Gasteiger partial charge in [0.15, 0.2) is 0 Å². The van der Waals surface area contributed by atoms with Crippen molar-refractivity contribution in [2.45, 2.75) is 6.04 Å². The van der Waals surface area contributed by atoms with Crippen LogP contribution < -0.4 is 5.32 Å². The molecule has 18 heavy (non-hydrogen) atoms. The first-order valence-corrected chi connectivity index (χ1v) is 7.37. The predicted octanol–water partition coefficient (Wildman–Crippen LogP) is 2.82. The lowest BCUT2D eigenvalue weighted by Gasteiger charge is -2.16. The summed E-state index contributed by atoms with van der Waals surface area (Å²) < 4.78 is 1.07. The van der Waals surface area contributed by atoms with Gasteiger partial charge in [-0.05, 0) is 34.2 Å². The number of carbonyl (C=O) groups excluding carboxylic acids is 1. The number of thiophene rings is 1. The van der Waals surface area contributed by atoms with E-state index in [2.05, 4.69) is 27.9 Å². The molecule has 0 fully saturated rings. The molecule has 1 unspecified atom stereocenters. The Morgan fingerprint density at radius 2 is 2.11 bits per heavy atom. The molecule has 0 bridgehead atoms. The SMILES string of the molecule is O=C(NC(CO)c1ccccc1)c1csc(I)c1. The van der Waals surface area contributed by atoms with Gasteiger partial charge in [0.1, 0.15) is 0 Å². The lowest BCUT2D eigenvalue weighted by Crippen LogP contribution is -2.30. The second-order valence-corrected chi connectivity index (χ2v) is 6.56. The van der Waals surface area contributed by atoms with Crippen LogP contribution in [0.5, 0.6) is 0 Å². The zero-order valence-corrected chi connectivity index (χ0v) is 12.4. The van der Waals surface area contributed by atoms with E-state index in [4.69, 9.17) is 0 Å². The lowest BCUT2D eigenvalue weighted by molar-refractivity contribution is 0.0916. The summed E-state index contributed by atoms with van der Waals surface area (Å²) in [6.45, 7) is -0.114. The van der Waals surface area contributed by atoms with E-state index >= 15 is 0 Å². The molecule has 0 saturated carbocycles. The summed E-state index contributed by atoms with van der Waals surface area (Å²) in [5.74, 6) is -0.155. The van der Waals surface area contributed by atoms with Gasteiger partial charge in [0, 0.05) is 5.38 Å². The summed E-state index contributed by atoms with van der Waals surface area (Å²) in [7, 11) is 0. The maximum atomic E-state index is 12.0. The highest BCUT2D eigenvalue weighted by Gasteiger charge is 2.15. The molecule has 1 heterocycles. The van der Waals surface area contributed by atoms with E-state index in [1.807, 2.05) is 41.8 Å². The van der Waals surface area contributed by atoms with E-state index in [0.717, 1.165) is 8.45 Å². The van der Waals surface area contributed by atoms with E-state index in [1.165, 1.54) is 11.3 Å². The molecule has 0 aliphatic carbocycles. The molecule has 2 N–H and O–H groups in total. The highest BCUT2D eigenvalue weighted by molar-refractivity contribution is 14.1. The van der Waals surface area contributed by atoms with Gasteiger partial charge in [0.05, 0.1) is 21.1 Å². The Labute approximate surface area is 123 Å². The number of hydrogen-bond acceptors (Lipinski definition) is 3. The van der Waals surface area contributed by atoms with E-state index in [0.29, 0.717) is 5.56 Å². The summed E-state index contributed by atoms with van der Waals surface area (Å²) in [6.07, 6.45) is 0. The molecule has 1 amide bonds. The number of rotatable bonds is 4. The number of nitrogens with one attached hydrogen (secondary N) is 1. The van der Waals surface area contributed by atoms with Crippen LogP contribution in [0.25, 0.3) is 0 Å². The molecule has 94 valence electrons. The fourth-order valence-corrected chi connectivity index (χ4v) is 2.92. The summed E-state index contributed by atoms with van der Waals surface area (Å²) in [5.41, 5.74) is 1.54. The van der Waals surface area contributed by atoms with Gasteiger partial charge in [0.25, 0.3) is 5.91 Å². The molecule has 0 aliphatic rings. The van der Waals surface area contributed by atoms with Crippen molar-refractivity contribution in [3.05, 3.63) is 55.8 Å². The van der Waals surface area contributed by atoms with Gasteiger partial charge in [-0.3, -0.25) is 4.79 Å². The molecular formula is C13H12INO2S. The van der Waals surface area contributed by atoms with Crippen molar-refractivity contribution in [3.63, 3.8) is 0 Å². The molecule has 1 aromatic carbocycles. The molecule has 0 aliphatic heterocycles. The Kier molecular flexibility index (Phi) is 4.73. The van der Waals surface area contributed by atoms with Crippen LogP contribution >= 0.6 is 33.9 Å². The Bertz CT molecular complexity index is 527. The first-order chi connectivity index (χ1) is 8.70. The minimum Gasteiger partial charge on any atom is -0.394 e. The topological polar surface area (TPSA) is 49.3 Å². The van der Waals surface area contributed by atoms with Gasteiger partial charge in [-0.2, -0.15) is 0 Å². The monoisotopic (exact) mass is 373 g/mol. The van der Waals surface area contributed by atoms with Crippen molar-refractivity contribution in [2.24, 2.45) is 0 Å². The lowest BCUT2D eigenvalue weighted by atomic mass is 10.1. The van der Waals surface area contributed by atoms with Crippen molar-refractivity contribution in [2.75, 3.05) is 6.61 Å². The summed E-state index contributed by atoms with van der Waals surface area (Å²) >= 11 is 3.70. The third kappa shape index (κ3) is 3.30. The van der Waals surface area contributed by atoms with Gasteiger partial charge >= 0.3 is 0 Å². The van der Waals surface area contributed by atoms with Crippen LogP contribution in [-0.4, -0.2) is 17.6 Å². The van der Waals surface area contributed by atoms with Crippen molar-refractivity contribution in [1.82, 2.24) is 5.32 Å². The van der Waals surface area contributed by atoms with Crippen molar-refractivity contribution >= 4 is 39.8 Å². The predicted molar refractivity (Wildman–Crippen MR) is 80.8 cm³/mol. The van der Waals surface area contributed by atoms with Gasteiger partial charge in [0.2, 0.25) is 0 Å². The highest BCUT2D eigenvalue weighted by atomic mass is 127. The number of halogens is 1. The minimum atomic E-state index is -0.365. The zero-order valence-electron chi connectivity index (χ0n) is 9.47. The average molecular weight is 373 g/mol. The van der Waals surface area contributed by atoms with E-state index in [-0.39, 0.29) is 18.6 Å². The van der Waals surface area contributed by atoms with Crippen molar-refractivity contribution in [3.8, 4) is 0 Å². The minimum absolute atomic E-state index is 0.114. The maximum absolute atomic E-state index is 12.0. The standard InChI is InChI=1S/C13H12INO2S/c14-12-6-10(8-18-12)13(17)15-11(7-16)9-4-2-1-3-5-9/h1-6,8,11,16H,7H2,(H,15,17). The Hall–Kier alpha value is -0.920. The molecule has 1 atom stereocenters. The van der Waals surface area contributed by atoms with E-state index in [1.54, 1.807) is 0 Å². The normalized spacial score (nSPS) is 12.1. The average Bonchev–Trinajstić information content (AvgIpc) is 2.83. The van der Waals surface area contributed by atoms with Crippen LogP contribution in [0, 0.1) is 2.88 Å². The molecule has 0 spiro atoms. The third-order valence-electron chi connectivity index (χ3n) is 2.52. The second kappa shape index (κ2) is 6.31. The molecule has 2 rings (SSSR count). The van der Waals surface area contributed by atoms with Crippen molar-refractivity contribution in [1.29, 1.82) is 0 Å². The van der Waals surface area contributed by atoms with Crippen LogP contribution in [0.2, 0.25) is 0 Å². The fourth-order valence-electron chi connectivity index (χ4n) is 1.59. The van der Waals surface area contributed by atoms with Gasteiger partial charge in [-0.15, -0.1) is 11.3 Å². The second-order valence-electron chi connectivity index (χ2n) is 3.76. The van der Waals surface area contributed by atoms with Gasteiger partial charge < -0.3 is 10.4 Å². The van der Waals surface area contributed by atoms with Crippen LogP contribution in [-0.2, 0) is 0 Å². The molecule has 1 aromatic heterocycles. The fraction of sp³-hybridized carbons (Fsp3) is 0.154. The first-order valence-electron chi connectivity index (χ1n) is 5.41. The smallest absolute Gasteiger partial charge is 0.252 e. The maximum Gasteiger partial charge on any atom is 0.252 e. The number of aliphatic hydroxyl groups excluding tert-OH is 1. The summed E-state index contributed by atoms with van der Waals surface area (Å²) in [5, 5.41) is 14.0. The van der Waals surface area contributed by atoms with Crippen molar-refractivity contribution < 1.29 is 9.90 Å². The Morgan fingerprint density at radius 3 is 2.67 bits per heavy atom. The largest absolute Gasteiger partial charge is 0.394 e. The number of amides is 1. The first kappa shape index (κ1) is 13.5. The Balaban J connectivity index is 2.10. The van der Waals surface area contributed by atoms with Gasteiger partial charge in [-0.1, -0.05) is 30.3 Å². The quantitative estimate of drug-likeness (QED) is 0.810. The Morgan fingerprint density at radius 1 is 1.39 bits per heavy atom. The molecule has 0 radical (unpaired) electrons. The molecule has 5 heteroatoms. The summed E-state index contributed by atoms with van der Waals surface area (Å²) in [6, 6.07) is 10.9. The number of hydrogen-bond donors (Lipinski definition) is 2. The number of benzene rings is 1. The zero-order chi connectivity index (χ0) is 13.0. The molecular weight excluding hydrogens is 361 g/mol. The van der Waals surface area contributed by atoms with Crippen LogP contribution in [0.1, 0.15) is 22.0 Å². The number of carbonyl (C=O) groups is 1. The van der Waals surface area contributed by atoms with Crippen LogP contribution in [0.15, 0.2) is 41.8 Å². The van der Waals surface area contributed by atoms with Crippen LogP contribution in [0.3, 0.4) is 0 Å². The van der Waals surface area contributed by atoms with E-state index < -0.39 is 0 Å². The van der Waals surface area contributed by atoms with Crippen LogP contribution in [0.4, 0.5) is 0 Å². The summed E-state index contributed by atoms with van der Waals surface area (Å²) in [4.78, 5) is 12.0. The number of aliphatic hydroxyl groups is 1. The highest BCUT2D eigenvalue weighted by Crippen LogP contribution is 2.18. The molecule has 0 saturated heterocycles. The third-order valence-corrected chi connectivity index (χ3v) is 4.31. The molecule has 3 nitrogen and oxygen atoms in total. The molecule has 2 aromatic rings. The van der Waals surface area contributed by atoms with Gasteiger partial charge in [-0.25, -0.2) is 0 Å². The van der Waals surface area contributed by atoms with E-state index in [9.17, 15) is 9.90 Å².